The summed E-state index contributed by atoms with van der Waals surface area (Å²) in [6, 6.07) is 9.46. The van der Waals surface area contributed by atoms with E-state index in [1.54, 1.807) is 11.0 Å². The van der Waals surface area contributed by atoms with Gasteiger partial charge in [0.25, 0.3) is 5.91 Å². The molecule has 8 heteroatoms. The second-order valence-corrected chi connectivity index (χ2v) is 5.68. The Morgan fingerprint density at radius 2 is 2.21 bits per heavy atom. The van der Waals surface area contributed by atoms with Crippen LogP contribution in [0.25, 0.3) is 0 Å². The van der Waals surface area contributed by atoms with Crippen LogP contribution in [0.4, 0.5) is 0 Å². The van der Waals surface area contributed by atoms with Crippen LogP contribution in [0.3, 0.4) is 0 Å². The van der Waals surface area contributed by atoms with Crippen molar-refractivity contribution < 1.29 is 9.90 Å². The van der Waals surface area contributed by atoms with Crippen LogP contribution in [0.15, 0.2) is 36.7 Å². The number of hydrogen-bond donors (Lipinski definition) is 3. The van der Waals surface area contributed by atoms with Crippen molar-refractivity contribution in [1.29, 1.82) is 0 Å². The van der Waals surface area contributed by atoms with Gasteiger partial charge >= 0.3 is 0 Å². The molecular weight excluding hydrogens is 330 g/mol. The number of nitrogens with one attached hydrogen (secondary N) is 2. The van der Waals surface area contributed by atoms with Crippen molar-refractivity contribution in [2.24, 2.45) is 0 Å². The highest BCUT2D eigenvalue weighted by atomic mass is 35.5. The maximum absolute atomic E-state index is 12.1. The molecule has 0 radical (unpaired) electrons. The second kappa shape index (κ2) is 8.77. The highest BCUT2D eigenvalue weighted by Gasteiger charge is 2.19. The Morgan fingerprint density at radius 3 is 2.92 bits per heavy atom. The fourth-order valence-corrected chi connectivity index (χ4v) is 2.68. The van der Waals surface area contributed by atoms with Crippen molar-refractivity contribution in [3.05, 3.63) is 48.0 Å². The molecular formula is C16H22ClN5O2. The molecule has 24 heavy (non-hydrogen) atoms. The monoisotopic (exact) mass is 351 g/mol. The van der Waals surface area contributed by atoms with Crippen molar-refractivity contribution in [3.8, 4) is 0 Å². The maximum atomic E-state index is 12.1. The van der Waals surface area contributed by atoms with E-state index < -0.39 is 6.10 Å². The number of rotatable bonds is 5. The van der Waals surface area contributed by atoms with Crippen molar-refractivity contribution in [1.82, 2.24) is 25.4 Å². The van der Waals surface area contributed by atoms with E-state index in [-0.39, 0.29) is 36.7 Å². The molecule has 1 aliphatic rings. The molecule has 3 rings (SSSR count). The summed E-state index contributed by atoms with van der Waals surface area (Å²) >= 11 is 0. The highest BCUT2D eigenvalue weighted by molar-refractivity contribution is 5.90. The predicted octanol–water partition coefficient (Wildman–Crippen LogP) is 1.09. The molecule has 1 amide bonds. The van der Waals surface area contributed by atoms with E-state index in [9.17, 15) is 9.90 Å². The molecule has 0 bridgehead atoms. The molecule has 1 saturated heterocycles. The summed E-state index contributed by atoms with van der Waals surface area (Å²) in [5, 5.41) is 20.3. The molecule has 1 aromatic heterocycles. The minimum absolute atomic E-state index is 0. The number of aliphatic hydroxyl groups excluding tert-OH is 1. The number of aromatic nitrogens is 3. The molecule has 1 aromatic carbocycles. The van der Waals surface area contributed by atoms with Gasteiger partial charge in [-0.1, -0.05) is 30.3 Å². The van der Waals surface area contributed by atoms with E-state index in [2.05, 4.69) is 20.7 Å². The van der Waals surface area contributed by atoms with Gasteiger partial charge in [-0.3, -0.25) is 4.79 Å². The number of nitrogens with zero attached hydrogens (tertiary/aromatic N) is 3. The van der Waals surface area contributed by atoms with Gasteiger partial charge in [0, 0.05) is 13.1 Å². The smallest absolute Gasteiger partial charge is 0.291 e. The summed E-state index contributed by atoms with van der Waals surface area (Å²) in [4.78, 5) is 16.2. The van der Waals surface area contributed by atoms with Crippen LogP contribution >= 0.6 is 12.4 Å². The summed E-state index contributed by atoms with van der Waals surface area (Å²) in [6.45, 7) is 2.00. The van der Waals surface area contributed by atoms with E-state index in [0.717, 1.165) is 31.5 Å². The summed E-state index contributed by atoms with van der Waals surface area (Å²) in [7, 11) is 0. The van der Waals surface area contributed by atoms with Gasteiger partial charge in [-0.15, -0.1) is 17.5 Å². The average Bonchev–Trinajstić information content (AvgIpc) is 3.11. The zero-order chi connectivity index (χ0) is 16.1. The first-order chi connectivity index (χ1) is 11.2. The number of aliphatic hydroxyl groups is 1. The molecule has 7 nitrogen and oxygen atoms in total. The third-order valence-electron chi connectivity index (χ3n) is 4.00. The van der Waals surface area contributed by atoms with Crippen LogP contribution in [-0.4, -0.2) is 45.4 Å². The van der Waals surface area contributed by atoms with E-state index >= 15 is 0 Å². The van der Waals surface area contributed by atoms with Gasteiger partial charge in [-0.25, -0.2) is 9.67 Å². The van der Waals surface area contributed by atoms with E-state index in [1.165, 1.54) is 0 Å². The van der Waals surface area contributed by atoms with Crippen LogP contribution in [0.1, 0.15) is 41.2 Å². The number of amides is 1. The van der Waals surface area contributed by atoms with Crippen molar-refractivity contribution >= 4 is 18.3 Å². The van der Waals surface area contributed by atoms with Crippen molar-refractivity contribution in [2.45, 2.75) is 25.0 Å². The Morgan fingerprint density at radius 1 is 1.42 bits per heavy atom. The van der Waals surface area contributed by atoms with Gasteiger partial charge in [0.15, 0.2) is 0 Å². The fourth-order valence-electron chi connectivity index (χ4n) is 2.68. The first-order valence-corrected chi connectivity index (χ1v) is 7.87. The molecule has 2 unspecified atom stereocenters. The van der Waals surface area contributed by atoms with Gasteiger partial charge in [-0.05, 0) is 24.9 Å². The fraction of sp³-hybridized carbons (Fsp3) is 0.438. The van der Waals surface area contributed by atoms with Gasteiger partial charge < -0.3 is 15.7 Å². The summed E-state index contributed by atoms with van der Waals surface area (Å²) in [5.74, 6) is -0.238. The molecule has 2 atom stereocenters. The largest absolute Gasteiger partial charge is 0.387 e. The van der Waals surface area contributed by atoms with Crippen LogP contribution in [0.5, 0.6) is 0 Å². The van der Waals surface area contributed by atoms with E-state index in [0.29, 0.717) is 0 Å². The zero-order valence-electron chi connectivity index (χ0n) is 13.3. The Hall–Kier alpha value is -1.96. The van der Waals surface area contributed by atoms with Gasteiger partial charge in [0.2, 0.25) is 5.82 Å². The van der Waals surface area contributed by atoms with Gasteiger partial charge in [0.05, 0.1) is 12.1 Å². The summed E-state index contributed by atoms with van der Waals surface area (Å²) < 4.78 is 1.74. The topological polar surface area (TPSA) is 92.1 Å². The third-order valence-corrected chi connectivity index (χ3v) is 4.00. The molecule has 2 aromatic rings. The quantitative estimate of drug-likeness (QED) is 0.750. The number of piperidine rings is 1. The Bertz CT molecular complexity index is 643. The molecule has 130 valence electrons. The minimum Gasteiger partial charge on any atom is -0.387 e. The van der Waals surface area contributed by atoms with Crippen molar-refractivity contribution in [2.75, 3.05) is 19.6 Å². The SMILES string of the molecule is Cl.O=C(NCC(O)c1ccccc1)c1ncn(C2CCCNC2)n1. The molecule has 1 aliphatic heterocycles. The highest BCUT2D eigenvalue weighted by Crippen LogP contribution is 2.15. The maximum Gasteiger partial charge on any atom is 0.291 e. The lowest BCUT2D eigenvalue weighted by molar-refractivity contribution is 0.0905. The van der Waals surface area contributed by atoms with Crippen LogP contribution in [0.2, 0.25) is 0 Å². The lowest BCUT2D eigenvalue weighted by Gasteiger charge is -2.22. The Balaban J connectivity index is 0.00000208. The van der Waals surface area contributed by atoms with Crippen LogP contribution < -0.4 is 10.6 Å². The average molecular weight is 352 g/mol. The van der Waals surface area contributed by atoms with Gasteiger partial charge in [-0.2, -0.15) is 0 Å². The number of carbonyl (C=O) groups is 1. The number of benzene rings is 1. The normalized spacial score (nSPS) is 18.5. The molecule has 1 fully saturated rings. The Kier molecular flexibility index (Phi) is 6.72. The molecule has 0 spiro atoms. The third kappa shape index (κ3) is 4.53. The van der Waals surface area contributed by atoms with Crippen LogP contribution in [-0.2, 0) is 0 Å². The standard InChI is InChI=1S/C16H21N5O2.ClH/c22-14(12-5-2-1-3-6-12)10-18-16(23)15-19-11-21(20-15)13-7-4-8-17-9-13;/h1-3,5-6,11,13-14,17,22H,4,7-10H2,(H,18,23);1H. The van der Waals surface area contributed by atoms with Crippen molar-refractivity contribution in [3.63, 3.8) is 0 Å². The second-order valence-electron chi connectivity index (χ2n) is 5.68. The number of hydrogen-bond acceptors (Lipinski definition) is 5. The first kappa shape index (κ1) is 18.4. The molecule has 3 N–H and O–H groups in total. The first-order valence-electron chi connectivity index (χ1n) is 7.87. The zero-order valence-corrected chi connectivity index (χ0v) is 14.1. The summed E-state index contributed by atoms with van der Waals surface area (Å²) in [6.07, 6.45) is 2.98. The lowest BCUT2D eigenvalue weighted by atomic mass is 10.1. The molecule has 0 aliphatic carbocycles. The number of carbonyl (C=O) groups excluding carboxylic acids is 1. The van der Waals surface area contributed by atoms with Crippen LogP contribution in [0, 0.1) is 0 Å². The lowest BCUT2D eigenvalue weighted by Crippen LogP contribution is -2.32. The van der Waals surface area contributed by atoms with Gasteiger partial charge in [0.1, 0.15) is 6.33 Å². The summed E-state index contributed by atoms with van der Waals surface area (Å²) in [5.41, 5.74) is 0.763. The molecule has 0 saturated carbocycles. The minimum atomic E-state index is -0.746. The van der Waals surface area contributed by atoms with E-state index in [1.807, 2.05) is 30.3 Å². The predicted molar refractivity (Wildman–Crippen MR) is 92.1 cm³/mol. The Labute approximate surface area is 146 Å². The number of halogens is 1. The van der Waals surface area contributed by atoms with E-state index in [4.69, 9.17) is 0 Å². The molecule has 2 heterocycles.